The van der Waals surface area contributed by atoms with Gasteiger partial charge in [-0.1, -0.05) is 0 Å². The molecule has 0 aliphatic heterocycles. The van der Waals surface area contributed by atoms with E-state index in [9.17, 15) is 24.6 Å². The van der Waals surface area contributed by atoms with Gasteiger partial charge in [0.05, 0.1) is 12.1 Å². The van der Waals surface area contributed by atoms with E-state index in [4.69, 9.17) is 4.74 Å². The second-order valence-electron chi connectivity index (χ2n) is 12.4. The predicted molar refractivity (Wildman–Crippen MR) is 109 cm³/mol. The van der Waals surface area contributed by atoms with Crippen molar-refractivity contribution in [2.24, 2.45) is 29.1 Å². The lowest BCUT2D eigenvalue weighted by molar-refractivity contribution is -0.204. The fraction of sp³-hybridized carbons (Fsp3) is 0.875. The summed E-state index contributed by atoms with van der Waals surface area (Å²) < 4.78 is 6.09. The molecule has 8 bridgehead atoms. The van der Waals surface area contributed by atoms with E-state index in [1.165, 1.54) is 6.42 Å². The number of carboxylic acid groups (broad SMARTS) is 1. The summed E-state index contributed by atoms with van der Waals surface area (Å²) >= 11 is 0. The number of aliphatic carboxylic acids is 1. The van der Waals surface area contributed by atoms with E-state index in [-0.39, 0.29) is 29.9 Å². The molecule has 8 fully saturated rings. The van der Waals surface area contributed by atoms with E-state index in [0.29, 0.717) is 37.5 Å². The van der Waals surface area contributed by atoms with Gasteiger partial charge in [0.25, 0.3) is 0 Å². The Morgan fingerprint density at radius 2 is 1.42 bits per heavy atom. The summed E-state index contributed by atoms with van der Waals surface area (Å²) in [5, 5.41) is 23.8. The topological polar surface area (TPSA) is 113 Å². The molecular weight excluding hydrogens is 398 g/mol. The van der Waals surface area contributed by atoms with E-state index < -0.39 is 28.4 Å². The summed E-state index contributed by atoms with van der Waals surface area (Å²) in [6, 6.07) is 0. The molecule has 0 radical (unpaired) electrons. The third-order valence-corrected chi connectivity index (χ3v) is 9.65. The van der Waals surface area contributed by atoms with Gasteiger partial charge < -0.3 is 20.3 Å². The van der Waals surface area contributed by atoms with Crippen LogP contribution in [0.15, 0.2) is 0 Å². The fourth-order valence-corrected chi connectivity index (χ4v) is 9.75. The molecule has 8 saturated carbocycles. The lowest BCUT2D eigenvalue weighted by Gasteiger charge is -2.61. The highest BCUT2D eigenvalue weighted by Crippen LogP contribution is 2.63. The number of hydrogen-bond acceptors (Lipinski definition) is 6. The predicted octanol–water partition coefficient (Wildman–Crippen LogP) is 2.20. The van der Waals surface area contributed by atoms with Crippen molar-refractivity contribution < 1.29 is 29.3 Å². The van der Waals surface area contributed by atoms with E-state index in [0.717, 1.165) is 44.9 Å². The molecule has 31 heavy (non-hydrogen) atoms. The molecule has 170 valence electrons. The summed E-state index contributed by atoms with van der Waals surface area (Å²) in [4.78, 5) is 37.0. The minimum atomic E-state index is -1.36. The zero-order valence-corrected chi connectivity index (χ0v) is 18.0. The molecule has 7 heteroatoms. The normalized spacial score (nSPS) is 51.1. The number of carbonyl (C=O) groups excluding carboxylic acids is 2. The standard InChI is InChI=1S/C24H33NO6/c26-18(11-25-22-5-16-2-17(6-22)8-23(30,7-16)13-22)31-24-9-14-1-15(10-24)4-21(3-14,12-24)19(27)20(28)29/h14-17,25,30H,1-13H2,(H,28,29). The van der Waals surface area contributed by atoms with Crippen LogP contribution in [0.1, 0.15) is 77.0 Å². The zero-order chi connectivity index (χ0) is 21.6. The minimum absolute atomic E-state index is 0.118. The summed E-state index contributed by atoms with van der Waals surface area (Å²) in [6.45, 7) is 0.118. The van der Waals surface area contributed by atoms with Crippen molar-refractivity contribution in [2.75, 3.05) is 6.54 Å². The summed E-state index contributed by atoms with van der Waals surface area (Å²) in [6.07, 6.45) is 9.84. The number of hydrogen-bond donors (Lipinski definition) is 3. The molecule has 0 heterocycles. The van der Waals surface area contributed by atoms with Gasteiger partial charge >= 0.3 is 11.9 Å². The maximum Gasteiger partial charge on any atom is 0.372 e. The highest BCUT2D eigenvalue weighted by atomic mass is 16.6. The Kier molecular flexibility index (Phi) is 4.10. The number of carbonyl (C=O) groups is 3. The third-order valence-electron chi connectivity index (χ3n) is 9.65. The third kappa shape index (κ3) is 3.17. The van der Waals surface area contributed by atoms with Crippen LogP contribution in [0.25, 0.3) is 0 Å². The van der Waals surface area contributed by atoms with Crippen LogP contribution >= 0.6 is 0 Å². The Morgan fingerprint density at radius 1 is 0.839 bits per heavy atom. The first kappa shape index (κ1) is 20.2. The first-order chi connectivity index (χ1) is 14.6. The van der Waals surface area contributed by atoms with Crippen LogP contribution < -0.4 is 5.32 Å². The summed E-state index contributed by atoms with van der Waals surface area (Å²) in [5.74, 6) is -0.737. The average molecular weight is 432 g/mol. The molecule has 3 N–H and O–H groups in total. The second-order valence-corrected chi connectivity index (χ2v) is 12.4. The fourth-order valence-electron chi connectivity index (χ4n) is 9.75. The van der Waals surface area contributed by atoms with Gasteiger partial charge in [-0.2, -0.15) is 0 Å². The molecule has 0 amide bonds. The van der Waals surface area contributed by atoms with Crippen molar-refractivity contribution >= 4 is 17.7 Å². The quantitative estimate of drug-likeness (QED) is 0.436. The molecule has 0 saturated heterocycles. The molecule has 8 rings (SSSR count). The van der Waals surface area contributed by atoms with Gasteiger partial charge in [-0.15, -0.1) is 0 Å². The molecule has 7 nitrogen and oxygen atoms in total. The van der Waals surface area contributed by atoms with E-state index in [2.05, 4.69) is 5.32 Å². The van der Waals surface area contributed by atoms with Crippen molar-refractivity contribution in [1.82, 2.24) is 5.32 Å². The van der Waals surface area contributed by atoms with Crippen LogP contribution in [-0.4, -0.2) is 51.2 Å². The first-order valence-electron chi connectivity index (χ1n) is 12.1. The lowest BCUT2D eigenvalue weighted by atomic mass is 9.47. The van der Waals surface area contributed by atoms with Crippen LogP contribution in [0, 0.1) is 29.1 Å². The van der Waals surface area contributed by atoms with E-state index in [1.54, 1.807) is 0 Å². The number of nitrogens with one attached hydrogen (secondary N) is 1. The molecule has 4 atom stereocenters. The molecule has 0 aromatic heterocycles. The number of aliphatic hydroxyl groups is 1. The van der Waals surface area contributed by atoms with Crippen LogP contribution in [0.5, 0.6) is 0 Å². The maximum absolute atomic E-state index is 13.0. The number of ether oxygens (including phenoxy) is 1. The molecular formula is C24H33NO6. The Labute approximate surface area is 182 Å². The van der Waals surface area contributed by atoms with Gasteiger partial charge in [0.1, 0.15) is 5.60 Å². The monoisotopic (exact) mass is 431 g/mol. The molecule has 0 spiro atoms. The Hall–Kier alpha value is -1.47. The largest absolute Gasteiger partial charge is 0.475 e. The van der Waals surface area contributed by atoms with Gasteiger partial charge in [0, 0.05) is 17.4 Å². The molecule has 0 aromatic rings. The number of ketones is 1. The van der Waals surface area contributed by atoms with Crippen LogP contribution in [0.4, 0.5) is 0 Å². The SMILES string of the molecule is O=C(CNC12CC3CC(CC(O)(C3)C1)C2)OC12CC3CC(C1)CC(C(=O)C(=O)O)(C3)C2. The lowest BCUT2D eigenvalue weighted by Crippen LogP contribution is -2.65. The highest BCUT2D eigenvalue weighted by molar-refractivity contribution is 6.35. The van der Waals surface area contributed by atoms with Crippen molar-refractivity contribution in [2.45, 2.75) is 93.8 Å². The molecule has 0 aromatic carbocycles. The average Bonchev–Trinajstić information content (AvgIpc) is 2.62. The Balaban J connectivity index is 1.14. The molecule has 8 aliphatic carbocycles. The maximum atomic E-state index is 13.0. The van der Waals surface area contributed by atoms with Crippen LogP contribution in [0.3, 0.4) is 0 Å². The highest BCUT2D eigenvalue weighted by Gasteiger charge is 2.63. The van der Waals surface area contributed by atoms with Gasteiger partial charge in [-0.3, -0.25) is 9.59 Å². The van der Waals surface area contributed by atoms with Gasteiger partial charge in [0.15, 0.2) is 0 Å². The smallest absolute Gasteiger partial charge is 0.372 e. The number of rotatable bonds is 6. The summed E-state index contributed by atoms with van der Waals surface area (Å²) in [7, 11) is 0. The van der Waals surface area contributed by atoms with E-state index >= 15 is 0 Å². The van der Waals surface area contributed by atoms with Gasteiger partial charge in [0.2, 0.25) is 5.78 Å². The van der Waals surface area contributed by atoms with Gasteiger partial charge in [-0.25, -0.2) is 4.79 Å². The van der Waals surface area contributed by atoms with Crippen LogP contribution in [-0.2, 0) is 19.1 Å². The first-order valence-corrected chi connectivity index (χ1v) is 12.1. The number of carboxylic acids is 1. The second kappa shape index (κ2) is 6.31. The van der Waals surface area contributed by atoms with Crippen LogP contribution in [0.2, 0.25) is 0 Å². The van der Waals surface area contributed by atoms with Gasteiger partial charge in [-0.05, 0) is 94.3 Å². The van der Waals surface area contributed by atoms with Crippen molar-refractivity contribution in [1.29, 1.82) is 0 Å². The molecule has 8 aliphatic rings. The summed E-state index contributed by atoms with van der Waals surface area (Å²) in [5.41, 5.74) is -2.29. The number of Topliss-reactive ketones (excluding diaryl/α,β-unsaturated/α-hetero) is 1. The van der Waals surface area contributed by atoms with E-state index in [1.807, 2.05) is 0 Å². The van der Waals surface area contributed by atoms with Crippen molar-refractivity contribution in [3.05, 3.63) is 0 Å². The zero-order valence-electron chi connectivity index (χ0n) is 18.0. The number of esters is 1. The minimum Gasteiger partial charge on any atom is -0.475 e. The molecule has 4 unspecified atom stereocenters. The Morgan fingerprint density at radius 3 is 1.97 bits per heavy atom. The Bertz CT molecular complexity index is 823. The van der Waals surface area contributed by atoms with Crippen molar-refractivity contribution in [3.63, 3.8) is 0 Å². The van der Waals surface area contributed by atoms with Crippen molar-refractivity contribution in [3.8, 4) is 0 Å².